The van der Waals surface area contributed by atoms with Crippen LogP contribution in [0.5, 0.6) is 11.5 Å². The fourth-order valence-corrected chi connectivity index (χ4v) is 1.63. The van der Waals surface area contributed by atoms with Gasteiger partial charge in [0, 0.05) is 11.3 Å². The predicted octanol–water partition coefficient (Wildman–Crippen LogP) is 3.07. The highest BCUT2D eigenvalue weighted by atomic mass is 35.5. The second kappa shape index (κ2) is 5.46. The third-order valence-corrected chi connectivity index (χ3v) is 2.45. The molecule has 0 heterocycles. The molecule has 3 N–H and O–H groups in total. The highest BCUT2D eigenvalue weighted by Gasteiger charge is 2.07. The van der Waals surface area contributed by atoms with Gasteiger partial charge in [0.1, 0.15) is 11.5 Å². The van der Waals surface area contributed by atoms with Crippen LogP contribution in [-0.4, -0.2) is 12.2 Å². The molecular weight excluding hydrogens is 238 g/mol. The van der Waals surface area contributed by atoms with E-state index in [1.165, 1.54) is 0 Å². The smallest absolute Gasteiger partial charge is 0.125 e. The molecule has 0 saturated heterocycles. The van der Waals surface area contributed by atoms with Gasteiger partial charge in [-0.3, -0.25) is 0 Å². The average Bonchev–Trinajstić information content (AvgIpc) is 2.30. The van der Waals surface area contributed by atoms with Gasteiger partial charge in [-0.1, -0.05) is 18.2 Å². The molecule has 4 heteroatoms. The summed E-state index contributed by atoms with van der Waals surface area (Å²) < 4.78 is 5.07. The van der Waals surface area contributed by atoms with Crippen molar-refractivity contribution in [3.63, 3.8) is 0 Å². The minimum absolute atomic E-state index is 0. The third-order valence-electron chi connectivity index (χ3n) is 2.45. The monoisotopic (exact) mass is 251 g/mol. The fraction of sp³-hybridized carbons (Fsp3) is 0.0769. The van der Waals surface area contributed by atoms with E-state index in [-0.39, 0.29) is 18.2 Å². The SMILES string of the molecule is COc1ccc(-c2c(N)cccc2O)cc1.Cl. The molecule has 2 aromatic carbocycles. The van der Waals surface area contributed by atoms with Gasteiger partial charge in [-0.2, -0.15) is 0 Å². The minimum atomic E-state index is 0. The predicted molar refractivity (Wildman–Crippen MR) is 71.8 cm³/mol. The van der Waals surface area contributed by atoms with Crippen LogP contribution >= 0.6 is 12.4 Å². The van der Waals surface area contributed by atoms with E-state index < -0.39 is 0 Å². The Balaban J connectivity index is 0.00000144. The Morgan fingerprint density at radius 2 is 1.71 bits per heavy atom. The number of aromatic hydroxyl groups is 1. The number of benzene rings is 2. The maximum atomic E-state index is 9.76. The molecule has 0 aromatic heterocycles. The van der Waals surface area contributed by atoms with Crippen LogP contribution in [0.3, 0.4) is 0 Å². The maximum absolute atomic E-state index is 9.76. The van der Waals surface area contributed by atoms with Gasteiger partial charge < -0.3 is 15.6 Å². The summed E-state index contributed by atoms with van der Waals surface area (Å²) in [5.74, 6) is 0.961. The molecule has 0 unspecified atom stereocenters. The summed E-state index contributed by atoms with van der Waals surface area (Å²) in [4.78, 5) is 0. The maximum Gasteiger partial charge on any atom is 0.125 e. The van der Waals surface area contributed by atoms with Crippen LogP contribution in [0.2, 0.25) is 0 Å². The van der Waals surface area contributed by atoms with E-state index in [9.17, 15) is 5.11 Å². The van der Waals surface area contributed by atoms with Crippen LogP contribution in [-0.2, 0) is 0 Å². The molecule has 2 aromatic rings. The summed E-state index contributed by atoms with van der Waals surface area (Å²) in [5, 5.41) is 9.76. The number of hydrogen-bond donors (Lipinski definition) is 2. The van der Waals surface area contributed by atoms with Crippen LogP contribution in [0.1, 0.15) is 0 Å². The normalized spacial score (nSPS) is 9.47. The van der Waals surface area contributed by atoms with E-state index >= 15 is 0 Å². The van der Waals surface area contributed by atoms with Gasteiger partial charge in [-0.15, -0.1) is 12.4 Å². The molecule has 17 heavy (non-hydrogen) atoms. The zero-order valence-corrected chi connectivity index (χ0v) is 10.2. The van der Waals surface area contributed by atoms with Gasteiger partial charge in [-0.05, 0) is 29.8 Å². The summed E-state index contributed by atoms with van der Waals surface area (Å²) >= 11 is 0. The molecular formula is C13H14ClNO2. The molecule has 0 aliphatic rings. The Labute approximate surface area is 106 Å². The summed E-state index contributed by atoms with van der Waals surface area (Å²) in [5.41, 5.74) is 7.92. The van der Waals surface area contributed by atoms with E-state index in [2.05, 4.69) is 0 Å². The number of ether oxygens (including phenoxy) is 1. The van der Waals surface area contributed by atoms with Crippen molar-refractivity contribution < 1.29 is 9.84 Å². The largest absolute Gasteiger partial charge is 0.507 e. The van der Waals surface area contributed by atoms with Gasteiger partial charge in [0.05, 0.1) is 7.11 Å². The topological polar surface area (TPSA) is 55.5 Å². The van der Waals surface area contributed by atoms with E-state index in [0.29, 0.717) is 11.3 Å². The van der Waals surface area contributed by atoms with Crippen molar-refractivity contribution in [1.82, 2.24) is 0 Å². The molecule has 0 radical (unpaired) electrons. The third kappa shape index (κ3) is 2.63. The molecule has 0 aliphatic heterocycles. The first-order valence-corrected chi connectivity index (χ1v) is 4.94. The highest BCUT2D eigenvalue weighted by Crippen LogP contribution is 2.34. The zero-order valence-electron chi connectivity index (χ0n) is 9.38. The lowest BCUT2D eigenvalue weighted by atomic mass is 10.0. The lowest BCUT2D eigenvalue weighted by Crippen LogP contribution is -1.90. The van der Waals surface area contributed by atoms with Crippen molar-refractivity contribution in [3.05, 3.63) is 42.5 Å². The van der Waals surface area contributed by atoms with Crippen LogP contribution in [0.25, 0.3) is 11.1 Å². The molecule has 0 spiro atoms. The zero-order chi connectivity index (χ0) is 11.5. The number of nitrogens with two attached hydrogens (primary N) is 1. The average molecular weight is 252 g/mol. The van der Waals surface area contributed by atoms with E-state index in [1.54, 1.807) is 25.3 Å². The second-order valence-corrected chi connectivity index (χ2v) is 3.47. The summed E-state index contributed by atoms with van der Waals surface area (Å²) in [7, 11) is 1.61. The number of methoxy groups -OCH3 is 1. The molecule has 90 valence electrons. The molecule has 0 bridgehead atoms. The van der Waals surface area contributed by atoms with Crippen molar-refractivity contribution in [2.75, 3.05) is 12.8 Å². The van der Waals surface area contributed by atoms with Gasteiger partial charge in [-0.25, -0.2) is 0 Å². The fourth-order valence-electron chi connectivity index (χ4n) is 1.63. The lowest BCUT2D eigenvalue weighted by molar-refractivity contribution is 0.415. The molecule has 2 rings (SSSR count). The van der Waals surface area contributed by atoms with Crippen LogP contribution in [0.15, 0.2) is 42.5 Å². The first kappa shape index (κ1) is 13.2. The summed E-state index contributed by atoms with van der Waals surface area (Å²) in [6.45, 7) is 0. The molecule has 0 fully saturated rings. The Bertz CT molecular complexity index is 477. The van der Waals surface area contributed by atoms with Gasteiger partial charge in [0.15, 0.2) is 0 Å². The Hall–Kier alpha value is -1.87. The van der Waals surface area contributed by atoms with Crippen molar-refractivity contribution in [2.24, 2.45) is 0 Å². The van der Waals surface area contributed by atoms with E-state index in [0.717, 1.165) is 11.3 Å². The van der Waals surface area contributed by atoms with Gasteiger partial charge in [0.25, 0.3) is 0 Å². The Morgan fingerprint density at radius 1 is 1.06 bits per heavy atom. The van der Waals surface area contributed by atoms with Crippen molar-refractivity contribution in [1.29, 1.82) is 0 Å². The van der Waals surface area contributed by atoms with Crippen LogP contribution in [0, 0.1) is 0 Å². The number of phenolic OH excluding ortho intramolecular Hbond substituents is 1. The van der Waals surface area contributed by atoms with Crippen molar-refractivity contribution >= 4 is 18.1 Å². The van der Waals surface area contributed by atoms with Gasteiger partial charge >= 0.3 is 0 Å². The van der Waals surface area contributed by atoms with Crippen LogP contribution < -0.4 is 10.5 Å². The van der Waals surface area contributed by atoms with Gasteiger partial charge in [0.2, 0.25) is 0 Å². The molecule has 0 aliphatic carbocycles. The number of hydrogen-bond acceptors (Lipinski definition) is 3. The Kier molecular flexibility index (Phi) is 4.24. The number of nitrogen functional groups attached to an aromatic ring is 1. The summed E-state index contributed by atoms with van der Waals surface area (Å²) in [6, 6.07) is 12.5. The lowest BCUT2D eigenvalue weighted by Gasteiger charge is -2.08. The first-order chi connectivity index (χ1) is 7.72. The molecule has 0 amide bonds. The highest BCUT2D eigenvalue weighted by molar-refractivity contribution is 5.85. The van der Waals surface area contributed by atoms with Crippen LogP contribution in [0.4, 0.5) is 5.69 Å². The van der Waals surface area contributed by atoms with Crippen molar-refractivity contribution in [3.8, 4) is 22.6 Å². The number of anilines is 1. The first-order valence-electron chi connectivity index (χ1n) is 4.94. The summed E-state index contributed by atoms with van der Waals surface area (Å²) in [6.07, 6.45) is 0. The molecule has 0 atom stereocenters. The Morgan fingerprint density at radius 3 is 2.24 bits per heavy atom. The quantitative estimate of drug-likeness (QED) is 0.807. The number of phenols is 1. The standard InChI is InChI=1S/C13H13NO2.ClH/c1-16-10-7-5-9(6-8-10)13-11(14)3-2-4-12(13)15;/h2-8,15H,14H2,1H3;1H. The van der Waals surface area contributed by atoms with E-state index in [4.69, 9.17) is 10.5 Å². The van der Waals surface area contributed by atoms with E-state index in [1.807, 2.05) is 24.3 Å². The molecule has 3 nitrogen and oxygen atoms in total. The van der Waals surface area contributed by atoms with Crippen molar-refractivity contribution in [2.45, 2.75) is 0 Å². The number of rotatable bonds is 2. The number of halogens is 1. The molecule has 0 saturated carbocycles. The minimum Gasteiger partial charge on any atom is -0.507 e. The second-order valence-electron chi connectivity index (χ2n) is 3.47.